The van der Waals surface area contributed by atoms with Crippen molar-refractivity contribution in [3.63, 3.8) is 0 Å². The average Bonchev–Trinajstić information content (AvgIpc) is 2.69. The van der Waals surface area contributed by atoms with E-state index in [2.05, 4.69) is 5.16 Å². The van der Waals surface area contributed by atoms with Crippen LogP contribution < -0.4 is 0 Å². The van der Waals surface area contributed by atoms with Gasteiger partial charge in [-0.1, -0.05) is 69.3 Å². The number of hydrogen-bond acceptors (Lipinski definition) is 5. The van der Waals surface area contributed by atoms with E-state index in [1.165, 1.54) is 0 Å². The number of rotatable bonds is 10. The molecule has 2 N–H and O–H groups in total. The Morgan fingerprint density at radius 2 is 1.57 bits per heavy atom. The zero-order valence-electron chi connectivity index (χ0n) is 16.8. The van der Waals surface area contributed by atoms with E-state index in [9.17, 15) is 14.4 Å². The lowest BCUT2D eigenvalue weighted by Gasteiger charge is -2.07. The molecule has 154 valence electrons. The summed E-state index contributed by atoms with van der Waals surface area (Å²) in [4.78, 5) is 36.4. The molecular weight excluding hydrogens is 362 g/mol. The highest BCUT2D eigenvalue weighted by atomic mass is 16.6. The zero-order valence-corrected chi connectivity index (χ0v) is 16.8. The third kappa shape index (κ3) is 10.3. The van der Waals surface area contributed by atoms with E-state index < -0.39 is 17.7 Å². The summed E-state index contributed by atoms with van der Waals surface area (Å²) in [5, 5.41) is 20.8. The number of carbonyl (C=O) groups is 3. The standard InChI is InChI=1S/C15H19NO3.C6H10O3/c1-3-12(2)14(15(17)18)16-19-11-7-10-13-8-5-4-6-9-13;1-3-4(2)5(7)6(8)9/h4-10,12H,3,11H2,1-2H3,(H,17,18);4H,3H2,1-2H3,(H,8,9). The molecule has 0 saturated heterocycles. The Morgan fingerprint density at radius 1 is 1.00 bits per heavy atom. The molecule has 0 saturated carbocycles. The molecule has 2 atom stereocenters. The van der Waals surface area contributed by atoms with Gasteiger partial charge in [0.2, 0.25) is 5.78 Å². The number of oxime groups is 1. The molecule has 7 nitrogen and oxygen atoms in total. The molecule has 0 aliphatic rings. The first kappa shape index (κ1) is 25.0. The molecule has 0 aliphatic heterocycles. The van der Waals surface area contributed by atoms with Crippen LogP contribution in [-0.2, 0) is 19.2 Å². The molecule has 0 spiro atoms. The van der Waals surface area contributed by atoms with Crippen LogP contribution in [0.15, 0.2) is 41.6 Å². The van der Waals surface area contributed by atoms with Crippen LogP contribution in [0.3, 0.4) is 0 Å². The molecule has 0 amide bonds. The minimum atomic E-state index is -1.33. The Morgan fingerprint density at radius 3 is 2.00 bits per heavy atom. The first-order valence-corrected chi connectivity index (χ1v) is 9.16. The van der Waals surface area contributed by atoms with Gasteiger partial charge in [0.25, 0.3) is 0 Å². The molecule has 1 rings (SSSR count). The molecule has 0 fully saturated rings. The van der Waals surface area contributed by atoms with Crippen molar-refractivity contribution in [1.82, 2.24) is 0 Å². The van der Waals surface area contributed by atoms with Crippen LogP contribution >= 0.6 is 0 Å². The van der Waals surface area contributed by atoms with E-state index in [4.69, 9.17) is 15.1 Å². The fourth-order valence-electron chi connectivity index (χ4n) is 1.83. The number of carboxylic acids is 2. The zero-order chi connectivity index (χ0) is 21.5. The summed E-state index contributed by atoms with van der Waals surface area (Å²) >= 11 is 0. The maximum atomic E-state index is 11.0. The molecular formula is C21H29NO6. The highest BCUT2D eigenvalue weighted by Crippen LogP contribution is 2.05. The summed E-state index contributed by atoms with van der Waals surface area (Å²) in [6.45, 7) is 7.37. The Balaban J connectivity index is 0.000000684. The minimum absolute atomic E-state index is 0.0654. The molecule has 0 aliphatic carbocycles. The quantitative estimate of drug-likeness (QED) is 0.271. The molecule has 0 bridgehead atoms. The third-order valence-electron chi connectivity index (χ3n) is 4.01. The normalized spacial score (nSPS) is 13.2. The van der Waals surface area contributed by atoms with Gasteiger partial charge < -0.3 is 15.1 Å². The fourth-order valence-corrected chi connectivity index (χ4v) is 1.83. The summed E-state index contributed by atoms with van der Waals surface area (Å²) in [6, 6.07) is 9.79. The van der Waals surface area contributed by atoms with Crippen molar-refractivity contribution in [2.24, 2.45) is 17.0 Å². The third-order valence-corrected chi connectivity index (χ3v) is 4.01. The van der Waals surface area contributed by atoms with Crippen LogP contribution in [0.25, 0.3) is 6.08 Å². The van der Waals surface area contributed by atoms with Gasteiger partial charge >= 0.3 is 11.9 Å². The molecule has 1 aromatic rings. The number of hydrogen-bond donors (Lipinski definition) is 2. The lowest BCUT2D eigenvalue weighted by atomic mass is 10.0. The second-order valence-electron chi connectivity index (χ2n) is 6.18. The van der Waals surface area contributed by atoms with E-state index >= 15 is 0 Å². The summed E-state index contributed by atoms with van der Waals surface area (Å²) in [7, 11) is 0. The Bertz CT molecular complexity index is 681. The fraction of sp³-hybridized carbons (Fsp3) is 0.429. The number of nitrogens with zero attached hydrogens (tertiary/aromatic N) is 1. The maximum Gasteiger partial charge on any atom is 0.372 e. The molecule has 1 aromatic carbocycles. The predicted octanol–water partition coefficient (Wildman–Crippen LogP) is 3.89. The molecule has 7 heteroatoms. The minimum Gasteiger partial charge on any atom is -0.477 e. The summed E-state index contributed by atoms with van der Waals surface area (Å²) in [6.07, 6.45) is 5.01. The van der Waals surface area contributed by atoms with Crippen LogP contribution in [0.4, 0.5) is 0 Å². The Hall–Kier alpha value is -2.96. The van der Waals surface area contributed by atoms with Gasteiger partial charge in [-0.3, -0.25) is 4.79 Å². The first-order chi connectivity index (χ1) is 13.2. The summed E-state index contributed by atoms with van der Waals surface area (Å²) in [5.74, 6) is -3.51. The van der Waals surface area contributed by atoms with Crippen LogP contribution in [0.5, 0.6) is 0 Å². The highest BCUT2D eigenvalue weighted by Gasteiger charge is 2.18. The number of benzene rings is 1. The van der Waals surface area contributed by atoms with Crippen molar-refractivity contribution in [3.8, 4) is 0 Å². The van der Waals surface area contributed by atoms with Crippen molar-refractivity contribution in [1.29, 1.82) is 0 Å². The molecule has 0 aromatic heterocycles. The van der Waals surface area contributed by atoms with Gasteiger partial charge in [-0.05, 0) is 24.5 Å². The highest BCUT2D eigenvalue weighted by molar-refractivity contribution is 6.36. The van der Waals surface area contributed by atoms with Crippen molar-refractivity contribution in [2.45, 2.75) is 40.5 Å². The van der Waals surface area contributed by atoms with E-state index in [1.807, 2.05) is 50.3 Å². The molecule has 0 heterocycles. The Kier molecular flexibility index (Phi) is 12.6. The van der Waals surface area contributed by atoms with E-state index in [1.54, 1.807) is 19.9 Å². The van der Waals surface area contributed by atoms with Crippen LogP contribution in [0.1, 0.15) is 46.1 Å². The van der Waals surface area contributed by atoms with E-state index in [0.29, 0.717) is 12.8 Å². The number of carboxylic acid groups (broad SMARTS) is 2. The largest absolute Gasteiger partial charge is 0.477 e. The van der Waals surface area contributed by atoms with Crippen LogP contribution in [-0.4, -0.2) is 40.3 Å². The van der Waals surface area contributed by atoms with Crippen molar-refractivity contribution < 1.29 is 29.4 Å². The maximum absolute atomic E-state index is 11.0. The number of ketones is 1. The smallest absolute Gasteiger partial charge is 0.372 e. The number of carbonyl (C=O) groups excluding carboxylic acids is 1. The predicted molar refractivity (Wildman–Crippen MR) is 108 cm³/mol. The molecule has 2 unspecified atom stereocenters. The lowest BCUT2D eigenvalue weighted by molar-refractivity contribution is -0.150. The van der Waals surface area contributed by atoms with E-state index in [0.717, 1.165) is 5.56 Å². The van der Waals surface area contributed by atoms with Gasteiger partial charge in [0.05, 0.1) is 0 Å². The van der Waals surface area contributed by atoms with Gasteiger partial charge in [0.15, 0.2) is 5.71 Å². The first-order valence-electron chi connectivity index (χ1n) is 9.16. The number of Topliss-reactive ketones (excluding diaryl/α,β-unsaturated/α-hetero) is 1. The van der Waals surface area contributed by atoms with Gasteiger partial charge in [0.1, 0.15) is 6.61 Å². The topological polar surface area (TPSA) is 113 Å². The SMILES string of the molecule is CCC(C)C(=NOCC=Cc1ccccc1)C(=O)O.CCC(C)C(=O)C(=O)O. The van der Waals surface area contributed by atoms with E-state index in [-0.39, 0.29) is 24.2 Å². The van der Waals surface area contributed by atoms with Gasteiger partial charge in [-0.15, -0.1) is 0 Å². The molecule has 0 radical (unpaired) electrons. The van der Waals surface area contributed by atoms with Crippen LogP contribution in [0.2, 0.25) is 0 Å². The van der Waals surface area contributed by atoms with Crippen molar-refractivity contribution >= 4 is 29.5 Å². The van der Waals surface area contributed by atoms with Gasteiger partial charge in [-0.2, -0.15) is 0 Å². The van der Waals surface area contributed by atoms with Gasteiger partial charge in [-0.25, -0.2) is 9.59 Å². The lowest BCUT2D eigenvalue weighted by Crippen LogP contribution is -2.21. The van der Waals surface area contributed by atoms with Crippen LogP contribution in [0, 0.1) is 11.8 Å². The second-order valence-corrected chi connectivity index (χ2v) is 6.18. The van der Waals surface area contributed by atoms with Crippen molar-refractivity contribution in [2.75, 3.05) is 6.61 Å². The Labute approximate surface area is 165 Å². The summed E-state index contributed by atoms with van der Waals surface area (Å²) in [5.41, 5.74) is 1.13. The van der Waals surface area contributed by atoms with Gasteiger partial charge in [0, 0.05) is 11.8 Å². The monoisotopic (exact) mass is 391 g/mol. The summed E-state index contributed by atoms with van der Waals surface area (Å²) < 4.78 is 0. The average molecular weight is 391 g/mol. The van der Waals surface area contributed by atoms with Crippen molar-refractivity contribution in [3.05, 3.63) is 42.0 Å². The number of aliphatic carboxylic acids is 2. The second kappa shape index (κ2) is 14.1. The molecule has 28 heavy (non-hydrogen) atoms.